The number of amides is 1. The highest BCUT2D eigenvalue weighted by Crippen LogP contribution is 2.24. The lowest BCUT2D eigenvalue weighted by Crippen LogP contribution is -2.45. The van der Waals surface area contributed by atoms with Gasteiger partial charge in [0.05, 0.1) is 11.7 Å². The molecule has 1 aromatic carbocycles. The summed E-state index contributed by atoms with van der Waals surface area (Å²) in [6.45, 7) is 3.12. The first-order valence-corrected chi connectivity index (χ1v) is 9.41. The first-order chi connectivity index (χ1) is 10.4. The molecule has 0 spiro atoms. The predicted molar refractivity (Wildman–Crippen MR) is 87.1 cm³/mol. The molecule has 1 aliphatic rings. The molecular weight excluding hydrogens is 324 g/mol. The van der Waals surface area contributed by atoms with Gasteiger partial charge < -0.3 is 5.32 Å². The summed E-state index contributed by atoms with van der Waals surface area (Å²) in [4.78, 5) is 11.9. The molecule has 7 heteroatoms. The third kappa shape index (κ3) is 4.21. The fraction of sp³-hybridized carbons (Fsp3) is 0.533. The minimum Gasteiger partial charge on any atom is -0.356 e. The Kier molecular flexibility index (Phi) is 5.83. The van der Waals surface area contributed by atoms with Gasteiger partial charge in [0.15, 0.2) is 0 Å². The zero-order valence-electron chi connectivity index (χ0n) is 12.6. The van der Waals surface area contributed by atoms with E-state index in [1.165, 1.54) is 4.31 Å². The Morgan fingerprint density at radius 2 is 2.14 bits per heavy atom. The summed E-state index contributed by atoms with van der Waals surface area (Å²) in [5.74, 6) is -0.468. The molecule has 1 aromatic rings. The van der Waals surface area contributed by atoms with Gasteiger partial charge in [-0.1, -0.05) is 29.8 Å². The van der Waals surface area contributed by atoms with Crippen LogP contribution in [0.25, 0.3) is 0 Å². The molecule has 1 saturated heterocycles. The Morgan fingerprint density at radius 1 is 1.41 bits per heavy atom. The van der Waals surface area contributed by atoms with Crippen molar-refractivity contribution < 1.29 is 13.2 Å². The highest BCUT2D eigenvalue weighted by molar-refractivity contribution is 7.88. The SMILES string of the molecule is CCNC(=O)[C@@H]1CCCN(S(=O)(=O)Cc2ccccc2Cl)C1. The number of nitrogens with one attached hydrogen (secondary N) is 1. The molecule has 1 atom stereocenters. The Bertz CT molecular complexity index is 633. The van der Waals surface area contributed by atoms with Gasteiger partial charge in [0, 0.05) is 24.7 Å². The Labute approximate surface area is 136 Å². The van der Waals surface area contributed by atoms with Crippen LogP contribution in [0.2, 0.25) is 5.02 Å². The van der Waals surface area contributed by atoms with E-state index >= 15 is 0 Å². The van der Waals surface area contributed by atoms with Gasteiger partial charge >= 0.3 is 0 Å². The van der Waals surface area contributed by atoms with Crippen LogP contribution < -0.4 is 5.32 Å². The zero-order chi connectivity index (χ0) is 16.2. The van der Waals surface area contributed by atoms with Crippen molar-refractivity contribution in [3.05, 3.63) is 34.9 Å². The third-order valence-electron chi connectivity index (χ3n) is 3.80. The summed E-state index contributed by atoms with van der Waals surface area (Å²) in [5.41, 5.74) is 0.587. The predicted octanol–water partition coefficient (Wildman–Crippen LogP) is 2.02. The fourth-order valence-electron chi connectivity index (χ4n) is 2.63. The van der Waals surface area contributed by atoms with E-state index in [1.807, 2.05) is 6.92 Å². The minimum absolute atomic E-state index is 0.0693. The number of hydrogen-bond donors (Lipinski definition) is 1. The van der Waals surface area contributed by atoms with E-state index in [-0.39, 0.29) is 24.1 Å². The molecule has 0 aliphatic carbocycles. The maximum Gasteiger partial charge on any atom is 0.224 e. The van der Waals surface area contributed by atoms with Gasteiger partial charge in [-0.25, -0.2) is 12.7 Å². The van der Waals surface area contributed by atoms with Crippen molar-refractivity contribution in [2.45, 2.75) is 25.5 Å². The molecular formula is C15H21ClN2O3S. The molecule has 1 fully saturated rings. The monoisotopic (exact) mass is 344 g/mol. The van der Waals surface area contributed by atoms with Crippen LogP contribution in [0.5, 0.6) is 0 Å². The van der Waals surface area contributed by atoms with E-state index in [9.17, 15) is 13.2 Å². The Morgan fingerprint density at radius 3 is 2.82 bits per heavy atom. The van der Waals surface area contributed by atoms with Gasteiger partial charge in [0.1, 0.15) is 0 Å². The van der Waals surface area contributed by atoms with E-state index in [0.29, 0.717) is 30.1 Å². The first-order valence-electron chi connectivity index (χ1n) is 7.43. The lowest BCUT2D eigenvalue weighted by Gasteiger charge is -2.31. The van der Waals surface area contributed by atoms with Gasteiger partial charge in [-0.3, -0.25) is 4.79 Å². The van der Waals surface area contributed by atoms with Gasteiger partial charge in [0.2, 0.25) is 15.9 Å². The van der Waals surface area contributed by atoms with Crippen molar-refractivity contribution >= 4 is 27.5 Å². The molecule has 0 radical (unpaired) electrons. The number of sulfonamides is 1. The van der Waals surface area contributed by atoms with E-state index in [0.717, 1.165) is 6.42 Å². The van der Waals surface area contributed by atoms with Crippen molar-refractivity contribution in [1.82, 2.24) is 9.62 Å². The lowest BCUT2D eigenvalue weighted by molar-refractivity contribution is -0.125. The smallest absolute Gasteiger partial charge is 0.224 e. The van der Waals surface area contributed by atoms with Crippen LogP contribution in [0.4, 0.5) is 0 Å². The average molecular weight is 345 g/mol. The van der Waals surface area contributed by atoms with Gasteiger partial charge in [-0.05, 0) is 31.4 Å². The quantitative estimate of drug-likeness (QED) is 0.888. The highest BCUT2D eigenvalue weighted by Gasteiger charge is 2.32. The van der Waals surface area contributed by atoms with E-state index in [2.05, 4.69) is 5.32 Å². The van der Waals surface area contributed by atoms with Gasteiger partial charge in [-0.15, -0.1) is 0 Å². The average Bonchev–Trinajstić information content (AvgIpc) is 2.50. The van der Waals surface area contributed by atoms with Crippen LogP contribution in [-0.2, 0) is 20.6 Å². The zero-order valence-corrected chi connectivity index (χ0v) is 14.2. The van der Waals surface area contributed by atoms with Crippen LogP contribution in [0.15, 0.2) is 24.3 Å². The normalized spacial score (nSPS) is 19.8. The van der Waals surface area contributed by atoms with Crippen LogP contribution >= 0.6 is 11.6 Å². The van der Waals surface area contributed by atoms with E-state index < -0.39 is 10.0 Å². The fourth-order valence-corrected chi connectivity index (χ4v) is 4.55. The molecule has 1 amide bonds. The number of carbonyl (C=O) groups is 1. The summed E-state index contributed by atoms with van der Waals surface area (Å²) in [6.07, 6.45) is 1.42. The van der Waals surface area contributed by atoms with Crippen LogP contribution in [0, 0.1) is 5.92 Å². The first kappa shape index (κ1) is 17.2. The largest absolute Gasteiger partial charge is 0.356 e. The second-order valence-corrected chi connectivity index (χ2v) is 7.82. The summed E-state index contributed by atoms with van der Waals surface area (Å²) in [7, 11) is -3.47. The number of rotatable bonds is 5. The second-order valence-electron chi connectivity index (χ2n) is 5.44. The molecule has 22 heavy (non-hydrogen) atoms. The molecule has 1 N–H and O–H groups in total. The third-order valence-corrected chi connectivity index (χ3v) is 5.96. The number of hydrogen-bond acceptors (Lipinski definition) is 3. The Hall–Kier alpha value is -1.11. The second kappa shape index (κ2) is 7.44. The molecule has 0 aromatic heterocycles. The molecule has 0 bridgehead atoms. The maximum absolute atomic E-state index is 12.6. The maximum atomic E-state index is 12.6. The van der Waals surface area contributed by atoms with E-state index in [4.69, 9.17) is 11.6 Å². The number of nitrogens with zero attached hydrogens (tertiary/aromatic N) is 1. The van der Waals surface area contributed by atoms with Crippen LogP contribution in [-0.4, -0.2) is 38.3 Å². The standard InChI is InChI=1S/C15H21ClN2O3S/c1-2-17-15(19)12-7-5-9-18(10-12)22(20,21)11-13-6-3-4-8-14(13)16/h3-4,6,8,12H,2,5,7,9-11H2,1H3,(H,17,19)/t12-/m1/s1. The highest BCUT2D eigenvalue weighted by atomic mass is 35.5. The molecule has 0 saturated carbocycles. The van der Waals surface area contributed by atoms with Crippen molar-refractivity contribution in [2.24, 2.45) is 5.92 Å². The summed E-state index contributed by atoms with van der Waals surface area (Å²) >= 11 is 6.04. The topological polar surface area (TPSA) is 66.5 Å². The van der Waals surface area contributed by atoms with Crippen molar-refractivity contribution in [3.8, 4) is 0 Å². The van der Waals surface area contributed by atoms with Crippen molar-refractivity contribution in [2.75, 3.05) is 19.6 Å². The van der Waals surface area contributed by atoms with Crippen LogP contribution in [0.1, 0.15) is 25.3 Å². The van der Waals surface area contributed by atoms with E-state index in [1.54, 1.807) is 24.3 Å². The lowest BCUT2D eigenvalue weighted by atomic mass is 9.99. The summed E-state index contributed by atoms with van der Waals surface area (Å²) in [5, 5.41) is 3.21. The van der Waals surface area contributed by atoms with Gasteiger partial charge in [0.25, 0.3) is 0 Å². The number of carbonyl (C=O) groups excluding carboxylic acids is 1. The molecule has 122 valence electrons. The van der Waals surface area contributed by atoms with Crippen molar-refractivity contribution in [3.63, 3.8) is 0 Å². The molecule has 1 aliphatic heterocycles. The molecule has 5 nitrogen and oxygen atoms in total. The molecule has 0 unspecified atom stereocenters. The molecule has 2 rings (SSSR count). The number of benzene rings is 1. The van der Waals surface area contributed by atoms with Crippen LogP contribution in [0.3, 0.4) is 0 Å². The summed E-state index contributed by atoms with van der Waals surface area (Å²) in [6, 6.07) is 6.93. The molecule has 1 heterocycles. The van der Waals surface area contributed by atoms with Crippen molar-refractivity contribution in [1.29, 1.82) is 0 Å². The number of piperidine rings is 1. The van der Waals surface area contributed by atoms with Gasteiger partial charge in [-0.2, -0.15) is 0 Å². The number of halogens is 1. The summed E-state index contributed by atoms with van der Waals surface area (Å²) < 4.78 is 26.6. The Balaban J connectivity index is 2.09. The minimum atomic E-state index is -3.47.